The number of hydrogen-bond donors (Lipinski definition) is 2. The van der Waals surface area contributed by atoms with Crippen LogP contribution in [0.4, 0.5) is 5.82 Å². The first-order valence-corrected chi connectivity index (χ1v) is 8.13. The molecule has 2 rings (SSSR count). The van der Waals surface area contributed by atoms with Crippen molar-refractivity contribution < 1.29 is 8.42 Å². The summed E-state index contributed by atoms with van der Waals surface area (Å²) in [5, 5.41) is 3.01. The summed E-state index contributed by atoms with van der Waals surface area (Å²) in [5.74, 6) is 0.584. The van der Waals surface area contributed by atoms with Gasteiger partial charge >= 0.3 is 0 Å². The molecule has 1 aliphatic carbocycles. The van der Waals surface area contributed by atoms with Gasteiger partial charge in [-0.2, -0.15) is 0 Å². The fraction of sp³-hybridized carbons (Fsp3) is 0.615. The molecule has 6 heteroatoms. The van der Waals surface area contributed by atoms with Gasteiger partial charge in [0.25, 0.3) is 0 Å². The van der Waals surface area contributed by atoms with Crippen LogP contribution in [0.3, 0.4) is 0 Å². The predicted octanol–water partition coefficient (Wildman–Crippen LogP) is 1.98. The zero-order valence-corrected chi connectivity index (χ0v) is 12.3. The van der Waals surface area contributed by atoms with Crippen LogP contribution in [0.15, 0.2) is 23.2 Å². The highest BCUT2D eigenvalue weighted by molar-refractivity contribution is 7.89. The number of rotatable bonds is 6. The minimum atomic E-state index is -3.44. The molecule has 0 unspecified atom stereocenters. The Kier molecular flexibility index (Phi) is 4.10. The molecule has 106 valence electrons. The first-order chi connectivity index (χ1) is 8.95. The van der Waals surface area contributed by atoms with E-state index in [-0.39, 0.29) is 10.3 Å². The quantitative estimate of drug-likeness (QED) is 0.837. The van der Waals surface area contributed by atoms with Crippen LogP contribution in [0.25, 0.3) is 0 Å². The minimum absolute atomic E-state index is 0.130. The summed E-state index contributed by atoms with van der Waals surface area (Å²) in [6.45, 7) is 5.28. The Hall–Kier alpha value is -1.14. The predicted molar refractivity (Wildman–Crippen MR) is 75.5 cm³/mol. The Morgan fingerprint density at radius 1 is 1.42 bits per heavy atom. The van der Waals surface area contributed by atoms with E-state index in [4.69, 9.17) is 0 Å². The molecular formula is C13H21N3O2S. The van der Waals surface area contributed by atoms with E-state index in [1.54, 1.807) is 6.07 Å². The fourth-order valence-corrected chi connectivity index (χ4v) is 3.38. The van der Waals surface area contributed by atoms with E-state index >= 15 is 0 Å². The molecular weight excluding hydrogens is 262 g/mol. The highest BCUT2D eigenvalue weighted by Crippen LogP contribution is 2.39. The molecule has 0 spiro atoms. The number of nitrogens with one attached hydrogen (secondary N) is 2. The van der Waals surface area contributed by atoms with Crippen molar-refractivity contribution in [2.24, 2.45) is 5.41 Å². The summed E-state index contributed by atoms with van der Waals surface area (Å²) >= 11 is 0. The molecule has 0 aliphatic heterocycles. The zero-order valence-electron chi connectivity index (χ0n) is 11.4. The molecule has 0 radical (unpaired) electrons. The highest BCUT2D eigenvalue weighted by atomic mass is 32.2. The topological polar surface area (TPSA) is 71.1 Å². The van der Waals surface area contributed by atoms with Crippen molar-refractivity contribution in [3.63, 3.8) is 0 Å². The second kappa shape index (κ2) is 5.46. The van der Waals surface area contributed by atoms with Gasteiger partial charge in [0.05, 0.1) is 4.90 Å². The van der Waals surface area contributed by atoms with Crippen LogP contribution >= 0.6 is 0 Å². The molecule has 0 atom stereocenters. The van der Waals surface area contributed by atoms with Crippen LogP contribution < -0.4 is 10.0 Å². The zero-order chi connectivity index (χ0) is 13.9. The lowest BCUT2D eigenvalue weighted by molar-refractivity contribution is 0.166. The van der Waals surface area contributed by atoms with Crippen LogP contribution in [0.1, 0.15) is 33.1 Å². The van der Waals surface area contributed by atoms with Gasteiger partial charge in [-0.05, 0) is 31.2 Å². The SMILES string of the molecule is CCNc1cc(S(=O)(=O)NCC2(C)CCC2)ccn1. The first-order valence-electron chi connectivity index (χ1n) is 6.65. The lowest BCUT2D eigenvalue weighted by Gasteiger charge is -2.38. The van der Waals surface area contributed by atoms with E-state index in [0.29, 0.717) is 18.9 Å². The van der Waals surface area contributed by atoms with E-state index in [0.717, 1.165) is 12.8 Å². The van der Waals surface area contributed by atoms with Crippen molar-refractivity contribution >= 4 is 15.8 Å². The highest BCUT2D eigenvalue weighted by Gasteiger charge is 2.33. The number of anilines is 1. The van der Waals surface area contributed by atoms with Gasteiger partial charge in [0, 0.05) is 25.4 Å². The average Bonchev–Trinajstić information content (AvgIpc) is 2.35. The van der Waals surface area contributed by atoms with E-state index in [1.165, 1.54) is 18.7 Å². The molecule has 0 bridgehead atoms. The third-order valence-corrected chi connectivity index (χ3v) is 5.05. The Bertz CT molecular complexity index is 539. The minimum Gasteiger partial charge on any atom is -0.370 e. The molecule has 0 aromatic carbocycles. The summed E-state index contributed by atoms with van der Waals surface area (Å²) in [5.41, 5.74) is 0.130. The van der Waals surface area contributed by atoms with Gasteiger partial charge in [-0.3, -0.25) is 0 Å². The van der Waals surface area contributed by atoms with E-state index < -0.39 is 10.0 Å². The van der Waals surface area contributed by atoms with Crippen LogP contribution in [0, 0.1) is 5.41 Å². The standard InChI is InChI=1S/C13H21N3O2S/c1-3-14-12-9-11(5-8-15-12)19(17,18)16-10-13(2)6-4-7-13/h5,8-9,16H,3-4,6-7,10H2,1-2H3,(H,14,15). The van der Waals surface area contributed by atoms with Crippen molar-refractivity contribution in [3.8, 4) is 0 Å². The first kappa shape index (κ1) is 14.3. The van der Waals surface area contributed by atoms with Gasteiger partial charge in [-0.25, -0.2) is 18.1 Å². The summed E-state index contributed by atoms with van der Waals surface area (Å²) in [6.07, 6.45) is 4.89. The van der Waals surface area contributed by atoms with E-state index in [2.05, 4.69) is 21.9 Å². The van der Waals surface area contributed by atoms with Gasteiger partial charge in [-0.15, -0.1) is 0 Å². The maximum Gasteiger partial charge on any atom is 0.240 e. The summed E-state index contributed by atoms with van der Waals surface area (Å²) in [6, 6.07) is 3.08. The molecule has 0 amide bonds. The maximum absolute atomic E-state index is 12.2. The van der Waals surface area contributed by atoms with Crippen molar-refractivity contribution in [2.45, 2.75) is 38.0 Å². The molecule has 5 nitrogen and oxygen atoms in total. The Morgan fingerprint density at radius 2 is 2.16 bits per heavy atom. The summed E-state index contributed by atoms with van der Waals surface area (Å²) in [4.78, 5) is 4.34. The normalized spacial score (nSPS) is 17.8. The summed E-state index contributed by atoms with van der Waals surface area (Å²) < 4.78 is 27.1. The smallest absolute Gasteiger partial charge is 0.240 e. The van der Waals surface area contributed by atoms with Gasteiger partial charge in [0.2, 0.25) is 10.0 Å². The molecule has 19 heavy (non-hydrogen) atoms. The molecule has 2 N–H and O–H groups in total. The number of nitrogens with zero attached hydrogens (tertiary/aromatic N) is 1. The molecule has 1 fully saturated rings. The number of hydrogen-bond acceptors (Lipinski definition) is 4. The van der Waals surface area contributed by atoms with Crippen LogP contribution in [-0.2, 0) is 10.0 Å². The Morgan fingerprint density at radius 3 is 2.74 bits per heavy atom. The lowest BCUT2D eigenvalue weighted by Crippen LogP contribution is -2.39. The van der Waals surface area contributed by atoms with Crippen LogP contribution in [-0.4, -0.2) is 26.5 Å². The van der Waals surface area contributed by atoms with Gasteiger partial charge in [0.15, 0.2) is 0 Å². The Labute approximate surface area is 114 Å². The monoisotopic (exact) mass is 283 g/mol. The van der Waals surface area contributed by atoms with E-state index in [9.17, 15) is 8.42 Å². The Balaban J connectivity index is 2.08. The molecule has 1 aromatic rings. The second-order valence-electron chi connectivity index (χ2n) is 5.40. The summed E-state index contributed by atoms with van der Waals surface area (Å²) in [7, 11) is -3.44. The number of pyridine rings is 1. The number of aromatic nitrogens is 1. The van der Waals surface area contributed by atoms with Crippen LogP contribution in [0.2, 0.25) is 0 Å². The average molecular weight is 283 g/mol. The largest absolute Gasteiger partial charge is 0.370 e. The lowest BCUT2D eigenvalue weighted by atomic mass is 9.71. The maximum atomic E-state index is 12.2. The number of sulfonamides is 1. The van der Waals surface area contributed by atoms with Crippen LogP contribution in [0.5, 0.6) is 0 Å². The van der Waals surface area contributed by atoms with E-state index in [1.807, 2.05) is 6.92 Å². The third-order valence-electron chi connectivity index (χ3n) is 3.65. The van der Waals surface area contributed by atoms with Gasteiger partial charge in [0.1, 0.15) is 5.82 Å². The van der Waals surface area contributed by atoms with Crippen molar-refractivity contribution in [1.82, 2.24) is 9.71 Å². The van der Waals surface area contributed by atoms with Crippen molar-refractivity contribution in [3.05, 3.63) is 18.3 Å². The molecule has 1 aromatic heterocycles. The van der Waals surface area contributed by atoms with Crippen molar-refractivity contribution in [2.75, 3.05) is 18.4 Å². The molecule has 1 saturated carbocycles. The van der Waals surface area contributed by atoms with Gasteiger partial charge in [-0.1, -0.05) is 13.3 Å². The third kappa shape index (κ3) is 3.45. The fourth-order valence-electron chi connectivity index (χ4n) is 2.17. The molecule has 1 heterocycles. The van der Waals surface area contributed by atoms with Gasteiger partial charge < -0.3 is 5.32 Å². The molecule has 0 saturated heterocycles. The second-order valence-corrected chi connectivity index (χ2v) is 7.16. The molecule has 1 aliphatic rings. The van der Waals surface area contributed by atoms with Crippen molar-refractivity contribution in [1.29, 1.82) is 0 Å².